The van der Waals surface area contributed by atoms with Crippen LogP contribution in [0.3, 0.4) is 0 Å². The first-order valence-corrected chi connectivity index (χ1v) is 3.11. The molecule has 0 saturated heterocycles. The lowest BCUT2D eigenvalue weighted by Crippen LogP contribution is -1.76. The van der Waals surface area contributed by atoms with E-state index in [9.17, 15) is 0 Å². The second kappa shape index (κ2) is 2.68. The smallest absolute Gasteiger partial charge is 0.208 e. The molecule has 1 heterocycles. The van der Waals surface area contributed by atoms with Gasteiger partial charge >= 0.3 is 0 Å². The average molecular weight is 153 g/mol. The van der Waals surface area contributed by atoms with E-state index in [2.05, 4.69) is 9.83 Å². The molecule has 0 aromatic carbocycles. The number of pyridine rings is 1. The summed E-state index contributed by atoms with van der Waals surface area (Å²) in [5.41, 5.74) is 1.43. The van der Waals surface area contributed by atoms with Gasteiger partial charge < -0.3 is 0 Å². The third kappa shape index (κ3) is 1.26. The molecule has 0 N–H and O–H groups in total. The predicted molar refractivity (Wildman–Crippen MR) is 40.2 cm³/mol. The van der Waals surface area contributed by atoms with Crippen molar-refractivity contribution in [2.45, 2.75) is 6.92 Å². The van der Waals surface area contributed by atoms with Crippen LogP contribution in [0.5, 0.6) is 0 Å². The minimum absolute atomic E-state index is 0.435. The van der Waals surface area contributed by atoms with Crippen molar-refractivity contribution in [2.75, 3.05) is 0 Å². The summed E-state index contributed by atoms with van der Waals surface area (Å²) in [4.78, 5) is 7.00. The van der Waals surface area contributed by atoms with E-state index in [-0.39, 0.29) is 0 Å². The van der Waals surface area contributed by atoms with E-state index >= 15 is 0 Å². The lowest BCUT2D eigenvalue weighted by molar-refractivity contribution is 1.30. The van der Waals surface area contributed by atoms with Gasteiger partial charge in [0.1, 0.15) is 5.15 Å². The van der Waals surface area contributed by atoms with Gasteiger partial charge in [0, 0.05) is 6.20 Å². The highest BCUT2D eigenvalue weighted by Crippen LogP contribution is 2.18. The molecule has 1 rings (SSSR count). The predicted octanol–water partition coefficient (Wildman–Crippen LogP) is 2.59. The van der Waals surface area contributed by atoms with Crippen molar-refractivity contribution in [3.63, 3.8) is 0 Å². The zero-order chi connectivity index (χ0) is 7.56. The third-order valence-electron chi connectivity index (χ3n) is 1.17. The molecule has 0 aliphatic rings. The van der Waals surface area contributed by atoms with Gasteiger partial charge in [-0.3, -0.25) is 4.98 Å². The van der Waals surface area contributed by atoms with E-state index in [0.717, 1.165) is 5.56 Å². The fourth-order valence-electron chi connectivity index (χ4n) is 0.632. The van der Waals surface area contributed by atoms with Crippen LogP contribution in [0.15, 0.2) is 12.3 Å². The molecule has 2 nitrogen and oxygen atoms in total. The van der Waals surface area contributed by atoms with Crippen molar-refractivity contribution in [2.24, 2.45) is 0 Å². The number of nitrogens with zero attached hydrogens (tertiary/aromatic N) is 2. The fraction of sp³-hybridized carbons (Fsp3) is 0.143. The number of rotatable bonds is 0. The van der Waals surface area contributed by atoms with Crippen LogP contribution in [0.1, 0.15) is 5.56 Å². The van der Waals surface area contributed by atoms with Crippen molar-refractivity contribution in [3.05, 3.63) is 34.4 Å². The van der Waals surface area contributed by atoms with Crippen molar-refractivity contribution in [1.82, 2.24) is 4.98 Å². The van der Waals surface area contributed by atoms with Gasteiger partial charge in [0.2, 0.25) is 5.69 Å². The Morgan fingerprint density at radius 1 is 1.70 bits per heavy atom. The largest absolute Gasteiger partial charge is 0.256 e. The van der Waals surface area contributed by atoms with Gasteiger partial charge in [-0.1, -0.05) is 11.6 Å². The van der Waals surface area contributed by atoms with Crippen LogP contribution in [-0.4, -0.2) is 4.98 Å². The quantitative estimate of drug-likeness (QED) is 0.413. The van der Waals surface area contributed by atoms with Crippen LogP contribution in [0, 0.1) is 13.5 Å². The number of hydrogen-bond acceptors (Lipinski definition) is 1. The molecule has 0 fully saturated rings. The Morgan fingerprint density at radius 3 is 2.90 bits per heavy atom. The Hall–Kier alpha value is -1.07. The molecule has 0 radical (unpaired) electrons. The maximum absolute atomic E-state index is 6.70. The standard InChI is InChI=1S/C7H5ClN2/c1-5-3-7(8)10-4-6(5)9-2/h3-4H,1H3. The molecule has 50 valence electrons. The normalized spacial score (nSPS) is 8.90. The molecule has 0 unspecified atom stereocenters. The molecular weight excluding hydrogens is 148 g/mol. The van der Waals surface area contributed by atoms with Crippen molar-refractivity contribution in [1.29, 1.82) is 0 Å². The number of aromatic nitrogens is 1. The zero-order valence-corrected chi connectivity index (χ0v) is 6.18. The summed E-state index contributed by atoms with van der Waals surface area (Å²) in [5, 5.41) is 0.435. The van der Waals surface area contributed by atoms with Crippen LogP contribution in [0.2, 0.25) is 5.15 Å². The van der Waals surface area contributed by atoms with E-state index in [1.54, 1.807) is 6.07 Å². The van der Waals surface area contributed by atoms with Crippen molar-refractivity contribution in [3.8, 4) is 0 Å². The Labute approximate surface area is 64.3 Å². The maximum atomic E-state index is 6.70. The van der Waals surface area contributed by atoms with Crippen LogP contribution < -0.4 is 0 Å². The van der Waals surface area contributed by atoms with E-state index in [1.165, 1.54) is 6.20 Å². The van der Waals surface area contributed by atoms with E-state index in [1.807, 2.05) is 6.92 Å². The van der Waals surface area contributed by atoms with Gasteiger partial charge in [-0.25, -0.2) is 4.85 Å². The van der Waals surface area contributed by atoms with E-state index in [0.29, 0.717) is 10.8 Å². The SMILES string of the molecule is [C-]#[N+]c1cnc(Cl)cc1C. The van der Waals surface area contributed by atoms with Crippen LogP contribution in [0.25, 0.3) is 4.85 Å². The molecule has 10 heavy (non-hydrogen) atoms. The first-order chi connectivity index (χ1) is 4.74. The number of hydrogen-bond donors (Lipinski definition) is 0. The third-order valence-corrected chi connectivity index (χ3v) is 1.38. The van der Waals surface area contributed by atoms with Gasteiger partial charge in [0.25, 0.3) is 0 Å². The molecule has 0 atom stereocenters. The molecule has 0 amide bonds. The number of halogens is 1. The topological polar surface area (TPSA) is 17.2 Å². The highest BCUT2D eigenvalue weighted by molar-refractivity contribution is 6.29. The minimum Gasteiger partial charge on any atom is -0.256 e. The van der Waals surface area contributed by atoms with E-state index in [4.69, 9.17) is 18.2 Å². The fourth-order valence-corrected chi connectivity index (χ4v) is 0.844. The molecule has 1 aromatic heterocycles. The summed E-state index contributed by atoms with van der Waals surface area (Å²) in [6, 6.07) is 1.68. The summed E-state index contributed by atoms with van der Waals surface area (Å²) >= 11 is 5.56. The molecule has 0 bridgehead atoms. The molecule has 0 spiro atoms. The van der Waals surface area contributed by atoms with Gasteiger partial charge in [0.15, 0.2) is 0 Å². The summed E-state index contributed by atoms with van der Waals surface area (Å²) in [7, 11) is 0. The van der Waals surface area contributed by atoms with E-state index < -0.39 is 0 Å². The maximum Gasteiger partial charge on any atom is 0.208 e. The van der Waals surface area contributed by atoms with Crippen LogP contribution >= 0.6 is 11.6 Å². The van der Waals surface area contributed by atoms with Crippen molar-refractivity contribution >= 4 is 17.3 Å². The monoisotopic (exact) mass is 152 g/mol. The second-order valence-electron chi connectivity index (χ2n) is 1.91. The molecular formula is C7H5ClN2. The molecule has 0 saturated carbocycles. The van der Waals surface area contributed by atoms with Crippen molar-refractivity contribution < 1.29 is 0 Å². The highest BCUT2D eigenvalue weighted by Gasteiger charge is 1.96. The second-order valence-corrected chi connectivity index (χ2v) is 2.29. The van der Waals surface area contributed by atoms with Gasteiger partial charge in [-0.15, -0.1) is 0 Å². The van der Waals surface area contributed by atoms with Gasteiger partial charge in [-0.2, -0.15) is 0 Å². The summed E-state index contributed by atoms with van der Waals surface area (Å²) < 4.78 is 0. The first-order valence-electron chi connectivity index (χ1n) is 2.73. The zero-order valence-electron chi connectivity index (χ0n) is 5.43. The van der Waals surface area contributed by atoms with Gasteiger partial charge in [-0.05, 0) is 18.6 Å². The molecule has 3 heteroatoms. The molecule has 1 aromatic rings. The number of aryl methyl sites for hydroxylation is 1. The Balaban J connectivity index is 3.23. The molecule has 0 aliphatic carbocycles. The molecule has 0 aliphatic heterocycles. The first kappa shape index (κ1) is 7.04. The Kier molecular flexibility index (Phi) is 1.88. The lowest BCUT2D eigenvalue weighted by Gasteiger charge is -1.94. The summed E-state index contributed by atoms with van der Waals surface area (Å²) in [6.07, 6.45) is 1.48. The van der Waals surface area contributed by atoms with Crippen LogP contribution in [-0.2, 0) is 0 Å². The average Bonchev–Trinajstić information content (AvgIpc) is 1.88. The summed E-state index contributed by atoms with van der Waals surface area (Å²) in [6.45, 7) is 8.53. The lowest BCUT2D eigenvalue weighted by atomic mass is 10.3. The highest BCUT2D eigenvalue weighted by atomic mass is 35.5. The minimum atomic E-state index is 0.435. The van der Waals surface area contributed by atoms with Crippen LogP contribution in [0.4, 0.5) is 5.69 Å². The Bertz CT molecular complexity index is 288. The summed E-state index contributed by atoms with van der Waals surface area (Å²) in [5.74, 6) is 0. The Morgan fingerprint density at radius 2 is 2.40 bits per heavy atom. The van der Waals surface area contributed by atoms with Gasteiger partial charge in [0.05, 0.1) is 6.57 Å².